The van der Waals surface area contributed by atoms with Crippen LogP contribution in [0, 0.1) is 0 Å². The minimum atomic E-state index is -0.376. The molecule has 154 valence electrons. The molecule has 7 nitrogen and oxygen atoms in total. The normalized spacial score (nSPS) is 13.6. The first-order valence-corrected chi connectivity index (χ1v) is 9.66. The fourth-order valence-corrected chi connectivity index (χ4v) is 3.29. The number of carbonyl (C=O) groups excluding carboxylic acids is 2. The van der Waals surface area contributed by atoms with Crippen molar-refractivity contribution in [3.63, 3.8) is 0 Å². The molecular formula is C22H26N2O5. The van der Waals surface area contributed by atoms with Crippen molar-refractivity contribution in [3.05, 3.63) is 48.0 Å². The van der Waals surface area contributed by atoms with Crippen LogP contribution in [0.25, 0.3) is 0 Å². The van der Waals surface area contributed by atoms with Gasteiger partial charge in [-0.2, -0.15) is 0 Å². The number of nitrogens with one attached hydrogen (secondary N) is 2. The summed E-state index contributed by atoms with van der Waals surface area (Å²) < 4.78 is 16.3. The molecule has 7 heteroatoms. The van der Waals surface area contributed by atoms with Gasteiger partial charge in [0, 0.05) is 17.3 Å². The van der Waals surface area contributed by atoms with E-state index in [4.69, 9.17) is 14.2 Å². The van der Waals surface area contributed by atoms with E-state index in [1.165, 1.54) is 27.1 Å². The molecule has 0 heterocycles. The van der Waals surface area contributed by atoms with Gasteiger partial charge in [-0.25, -0.2) is 0 Å². The van der Waals surface area contributed by atoms with Crippen molar-refractivity contribution in [2.45, 2.75) is 31.8 Å². The van der Waals surface area contributed by atoms with E-state index in [1.54, 1.807) is 30.3 Å². The molecule has 2 N–H and O–H groups in total. The average molecular weight is 398 g/mol. The standard InChI is InChI=1S/C22H26N2O5/c1-27-19-11-10-15(12-20(19)28-2)22(26)23-14-21(25)24-16-6-5-9-18(13-16)29-17-7-3-4-8-17/h5-6,9-13,17H,3-4,7-8,14H2,1-2H3,(H,23,26)(H,24,25). The zero-order chi connectivity index (χ0) is 20.6. The van der Waals surface area contributed by atoms with Gasteiger partial charge in [0.15, 0.2) is 11.5 Å². The summed E-state index contributed by atoms with van der Waals surface area (Å²) in [5.74, 6) is 1.02. The summed E-state index contributed by atoms with van der Waals surface area (Å²) in [5, 5.41) is 5.38. The van der Waals surface area contributed by atoms with Crippen LogP contribution in [0.2, 0.25) is 0 Å². The lowest BCUT2D eigenvalue weighted by Gasteiger charge is -2.14. The minimum Gasteiger partial charge on any atom is -0.493 e. The summed E-state index contributed by atoms with van der Waals surface area (Å²) in [6.07, 6.45) is 4.78. The predicted octanol–water partition coefficient (Wildman–Crippen LogP) is 3.39. The Labute approximate surface area is 170 Å². The molecule has 0 atom stereocenters. The van der Waals surface area contributed by atoms with Crippen LogP contribution in [0.5, 0.6) is 17.2 Å². The molecule has 1 aliphatic rings. The molecule has 1 aliphatic carbocycles. The Bertz CT molecular complexity index is 862. The summed E-state index contributed by atoms with van der Waals surface area (Å²) in [4.78, 5) is 24.5. The molecule has 2 amide bonds. The predicted molar refractivity (Wildman–Crippen MR) is 110 cm³/mol. The van der Waals surface area contributed by atoms with Crippen LogP contribution in [0.3, 0.4) is 0 Å². The van der Waals surface area contributed by atoms with Gasteiger partial charge in [0.05, 0.1) is 26.9 Å². The fourth-order valence-electron chi connectivity index (χ4n) is 3.29. The van der Waals surface area contributed by atoms with Gasteiger partial charge in [-0.1, -0.05) is 6.07 Å². The molecular weight excluding hydrogens is 372 g/mol. The highest BCUT2D eigenvalue weighted by Gasteiger charge is 2.17. The van der Waals surface area contributed by atoms with Gasteiger partial charge in [0.2, 0.25) is 5.91 Å². The first-order chi connectivity index (χ1) is 14.1. The lowest BCUT2D eigenvalue weighted by atomic mass is 10.2. The van der Waals surface area contributed by atoms with Crippen molar-refractivity contribution in [3.8, 4) is 17.2 Å². The second kappa shape index (κ2) is 9.82. The second-order valence-corrected chi connectivity index (χ2v) is 6.85. The van der Waals surface area contributed by atoms with Crippen LogP contribution in [-0.4, -0.2) is 38.7 Å². The van der Waals surface area contributed by atoms with Gasteiger partial charge < -0.3 is 24.8 Å². The molecule has 0 aromatic heterocycles. The first-order valence-electron chi connectivity index (χ1n) is 9.66. The number of hydrogen-bond acceptors (Lipinski definition) is 5. The Morgan fingerprint density at radius 1 is 1.00 bits per heavy atom. The number of anilines is 1. The molecule has 3 rings (SSSR count). The maximum absolute atomic E-state index is 12.3. The number of methoxy groups -OCH3 is 2. The summed E-state index contributed by atoms with van der Waals surface area (Å²) in [7, 11) is 3.02. The smallest absolute Gasteiger partial charge is 0.251 e. The number of amides is 2. The van der Waals surface area contributed by atoms with E-state index in [0.29, 0.717) is 22.7 Å². The fraction of sp³-hybridized carbons (Fsp3) is 0.364. The topological polar surface area (TPSA) is 85.9 Å². The summed E-state index contributed by atoms with van der Waals surface area (Å²) in [5.41, 5.74) is 1.01. The van der Waals surface area contributed by atoms with Gasteiger partial charge in [-0.3, -0.25) is 9.59 Å². The Hall–Kier alpha value is -3.22. The molecule has 2 aromatic rings. The zero-order valence-corrected chi connectivity index (χ0v) is 16.7. The molecule has 1 saturated carbocycles. The Balaban J connectivity index is 1.52. The molecule has 0 aliphatic heterocycles. The monoisotopic (exact) mass is 398 g/mol. The van der Waals surface area contributed by atoms with E-state index in [-0.39, 0.29) is 24.5 Å². The molecule has 0 unspecified atom stereocenters. The third kappa shape index (κ3) is 5.63. The Kier molecular flexibility index (Phi) is 6.94. The number of benzene rings is 2. The van der Waals surface area contributed by atoms with Crippen molar-refractivity contribution in [1.82, 2.24) is 5.32 Å². The number of hydrogen-bond donors (Lipinski definition) is 2. The van der Waals surface area contributed by atoms with Gasteiger partial charge in [0.25, 0.3) is 5.91 Å². The average Bonchev–Trinajstić information content (AvgIpc) is 3.24. The molecule has 0 bridgehead atoms. The van der Waals surface area contributed by atoms with Gasteiger partial charge in [-0.05, 0) is 56.0 Å². The Morgan fingerprint density at radius 3 is 2.48 bits per heavy atom. The number of ether oxygens (including phenoxy) is 3. The number of carbonyl (C=O) groups is 2. The van der Waals surface area contributed by atoms with Gasteiger partial charge in [0.1, 0.15) is 5.75 Å². The van der Waals surface area contributed by atoms with Crippen LogP contribution in [0.1, 0.15) is 36.0 Å². The van der Waals surface area contributed by atoms with Gasteiger partial charge in [-0.15, -0.1) is 0 Å². The van der Waals surface area contributed by atoms with E-state index in [2.05, 4.69) is 10.6 Å². The SMILES string of the molecule is COc1ccc(C(=O)NCC(=O)Nc2cccc(OC3CCCC3)c2)cc1OC. The summed E-state index contributed by atoms with van der Waals surface area (Å²) in [6.45, 7) is -0.152. The van der Waals surface area contributed by atoms with Gasteiger partial charge >= 0.3 is 0 Å². The zero-order valence-electron chi connectivity index (χ0n) is 16.7. The number of rotatable bonds is 8. The van der Waals surface area contributed by atoms with Crippen molar-refractivity contribution >= 4 is 17.5 Å². The van der Waals surface area contributed by atoms with E-state index >= 15 is 0 Å². The highest BCUT2D eigenvalue weighted by atomic mass is 16.5. The summed E-state index contributed by atoms with van der Waals surface area (Å²) in [6, 6.07) is 12.1. The van der Waals surface area contributed by atoms with E-state index in [0.717, 1.165) is 18.6 Å². The first kappa shape index (κ1) is 20.5. The lowest BCUT2D eigenvalue weighted by Crippen LogP contribution is -2.32. The molecule has 2 aromatic carbocycles. The summed E-state index contributed by atoms with van der Waals surface area (Å²) >= 11 is 0. The largest absolute Gasteiger partial charge is 0.493 e. The van der Waals surface area contributed by atoms with Crippen LogP contribution < -0.4 is 24.8 Å². The van der Waals surface area contributed by atoms with E-state index in [9.17, 15) is 9.59 Å². The van der Waals surface area contributed by atoms with Crippen molar-refractivity contribution in [2.24, 2.45) is 0 Å². The molecule has 0 radical (unpaired) electrons. The van der Waals surface area contributed by atoms with Crippen LogP contribution in [0.4, 0.5) is 5.69 Å². The third-order valence-electron chi connectivity index (χ3n) is 4.78. The van der Waals surface area contributed by atoms with Crippen LogP contribution in [-0.2, 0) is 4.79 Å². The molecule has 1 fully saturated rings. The Morgan fingerprint density at radius 2 is 1.76 bits per heavy atom. The quantitative estimate of drug-likeness (QED) is 0.712. The third-order valence-corrected chi connectivity index (χ3v) is 4.78. The molecule has 0 saturated heterocycles. The highest BCUT2D eigenvalue weighted by molar-refractivity contribution is 5.99. The van der Waals surface area contributed by atoms with Crippen molar-refractivity contribution in [1.29, 1.82) is 0 Å². The maximum Gasteiger partial charge on any atom is 0.251 e. The minimum absolute atomic E-state index is 0.152. The van der Waals surface area contributed by atoms with Crippen LogP contribution in [0.15, 0.2) is 42.5 Å². The lowest BCUT2D eigenvalue weighted by molar-refractivity contribution is -0.115. The van der Waals surface area contributed by atoms with E-state index < -0.39 is 0 Å². The highest BCUT2D eigenvalue weighted by Crippen LogP contribution is 2.27. The molecule has 0 spiro atoms. The van der Waals surface area contributed by atoms with Crippen molar-refractivity contribution < 1.29 is 23.8 Å². The second-order valence-electron chi connectivity index (χ2n) is 6.85. The maximum atomic E-state index is 12.3. The molecule has 29 heavy (non-hydrogen) atoms. The van der Waals surface area contributed by atoms with E-state index in [1.807, 2.05) is 12.1 Å². The van der Waals surface area contributed by atoms with Crippen molar-refractivity contribution in [2.75, 3.05) is 26.1 Å². The van der Waals surface area contributed by atoms with Crippen LogP contribution >= 0.6 is 0 Å².